The average molecular weight is 275 g/mol. The summed E-state index contributed by atoms with van der Waals surface area (Å²) in [5.41, 5.74) is 0.359. The van der Waals surface area contributed by atoms with Crippen LogP contribution in [0.4, 0.5) is 4.39 Å². The van der Waals surface area contributed by atoms with Crippen LogP contribution in [-0.2, 0) is 0 Å². The van der Waals surface area contributed by atoms with E-state index in [4.69, 9.17) is 4.42 Å². The van der Waals surface area contributed by atoms with Gasteiger partial charge in [-0.2, -0.15) is 0 Å². The van der Waals surface area contributed by atoms with Gasteiger partial charge < -0.3 is 9.73 Å². The summed E-state index contributed by atoms with van der Waals surface area (Å²) in [5, 5.41) is 2.79. The Hall–Kier alpha value is -2.10. The molecule has 1 heterocycles. The van der Waals surface area contributed by atoms with Crippen molar-refractivity contribution in [3.8, 4) is 11.3 Å². The number of hydrogen-bond donors (Lipinski definition) is 1. The molecule has 2 aromatic rings. The predicted molar refractivity (Wildman–Crippen MR) is 76.0 cm³/mol. The Morgan fingerprint density at radius 3 is 2.75 bits per heavy atom. The van der Waals surface area contributed by atoms with Crippen molar-refractivity contribution in [2.24, 2.45) is 0 Å². The number of furan rings is 1. The summed E-state index contributed by atoms with van der Waals surface area (Å²) >= 11 is 0. The standard InChI is InChI=1S/C16H18FNO2/c1-2-3-6-11-18-16(19)15-10-9-14(20-15)12-7-4-5-8-13(12)17/h4-5,7-10H,2-3,6,11H2,1H3,(H,18,19). The van der Waals surface area contributed by atoms with Crippen molar-refractivity contribution in [2.45, 2.75) is 26.2 Å². The van der Waals surface area contributed by atoms with Crippen LogP contribution in [0.25, 0.3) is 11.3 Å². The van der Waals surface area contributed by atoms with Crippen molar-refractivity contribution in [3.63, 3.8) is 0 Å². The second-order valence-electron chi connectivity index (χ2n) is 4.61. The number of hydrogen-bond acceptors (Lipinski definition) is 2. The van der Waals surface area contributed by atoms with E-state index in [0.717, 1.165) is 19.3 Å². The average Bonchev–Trinajstić information content (AvgIpc) is 2.93. The van der Waals surface area contributed by atoms with Crippen molar-refractivity contribution < 1.29 is 13.6 Å². The minimum absolute atomic E-state index is 0.208. The van der Waals surface area contributed by atoms with Crippen molar-refractivity contribution in [1.29, 1.82) is 0 Å². The minimum Gasteiger partial charge on any atom is -0.451 e. The predicted octanol–water partition coefficient (Wildman–Crippen LogP) is 4.01. The fourth-order valence-electron chi connectivity index (χ4n) is 1.93. The molecule has 2 rings (SSSR count). The van der Waals surface area contributed by atoms with E-state index < -0.39 is 0 Å². The Morgan fingerprint density at radius 1 is 1.20 bits per heavy atom. The van der Waals surface area contributed by atoms with Gasteiger partial charge in [-0.05, 0) is 30.7 Å². The number of benzene rings is 1. The van der Waals surface area contributed by atoms with E-state index in [0.29, 0.717) is 17.9 Å². The molecule has 4 heteroatoms. The fraction of sp³-hybridized carbons (Fsp3) is 0.312. The van der Waals surface area contributed by atoms with Gasteiger partial charge in [0.05, 0.1) is 5.56 Å². The van der Waals surface area contributed by atoms with Gasteiger partial charge in [-0.25, -0.2) is 4.39 Å². The molecule has 0 unspecified atom stereocenters. The summed E-state index contributed by atoms with van der Waals surface area (Å²) in [5.74, 6) is -0.0537. The summed E-state index contributed by atoms with van der Waals surface area (Å²) in [6.07, 6.45) is 3.14. The van der Waals surface area contributed by atoms with E-state index in [-0.39, 0.29) is 17.5 Å². The van der Waals surface area contributed by atoms with E-state index in [1.54, 1.807) is 30.3 Å². The number of carbonyl (C=O) groups is 1. The van der Waals surface area contributed by atoms with Crippen LogP contribution < -0.4 is 5.32 Å². The Kier molecular flexibility index (Phi) is 4.93. The first-order valence-corrected chi connectivity index (χ1v) is 6.85. The molecule has 20 heavy (non-hydrogen) atoms. The first-order chi connectivity index (χ1) is 9.72. The zero-order chi connectivity index (χ0) is 14.4. The quantitative estimate of drug-likeness (QED) is 0.809. The molecule has 0 radical (unpaired) electrons. The Bertz CT molecular complexity index is 577. The summed E-state index contributed by atoms with van der Waals surface area (Å²) in [6.45, 7) is 2.73. The molecule has 0 fully saturated rings. The molecule has 106 valence electrons. The fourth-order valence-corrected chi connectivity index (χ4v) is 1.93. The van der Waals surface area contributed by atoms with E-state index >= 15 is 0 Å². The van der Waals surface area contributed by atoms with Gasteiger partial charge in [0.15, 0.2) is 5.76 Å². The lowest BCUT2D eigenvalue weighted by molar-refractivity contribution is 0.0926. The van der Waals surface area contributed by atoms with Gasteiger partial charge in [0, 0.05) is 6.54 Å². The van der Waals surface area contributed by atoms with Gasteiger partial charge in [-0.3, -0.25) is 4.79 Å². The van der Waals surface area contributed by atoms with Gasteiger partial charge in [-0.1, -0.05) is 31.9 Å². The molecule has 1 amide bonds. The maximum atomic E-state index is 13.6. The number of halogens is 1. The highest BCUT2D eigenvalue weighted by Crippen LogP contribution is 2.24. The molecule has 3 nitrogen and oxygen atoms in total. The maximum absolute atomic E-state index is 13.6. The van der Waals surface area contributed by atoms with Gasteiger partial charge >= 0.3 is 0 Å². The topological polar surface area (TPSA) is 42.2 Å². The van der Waals surface area contributed by atoms with Gasteiger partial charge in [0.25, 0.3) is 5.91 Å². The SMILES string of the molecule is CCCCCNC(=O)c1ccc(-c2ccccc2F)o1. The molecule has 0 spiro atoms. The van der Waals surface area contributed by atoms with E-state index in [1.807, 2.05) is 0 Å². The molecule has 0 atom stereocenters. The van der Waals surface area contributed by atoms with Crippen molar-refractivity contribution in [2.75, 3.05) is 6.54 Å². The third-order valence-electron chi connectivity index (χ3n) is 3.03. The van der Waals surface area contributed by atoms with E-state index in [9.17, 15) is 9.18 Å². The van der Waals surface area contributed by atoms with Crippen LogP contribution in [0.2, 0.25) is 0 Å². The third-order valence-corrected chi connectivity index (χ3v) is 3.03. The van der Waals surface area contributed by atoms with Crippen LogP contribution in [0.15, 0.2) is 40.8 Å². The molecular formula is C16H18FNO2. The third kappa shape index (κ3) is 3.47. The number of rotatable bonds is 6. The van der Waals surface area contributed by atoms with Crippen LogP contribution in [-0.4, -0.2) is 12.5 Å². The van der Waals surface area contributed by atoms with Crippen LogP contribution in [0.1, 0.15) is 36.7 Å². The number of unbranched alkanes of at least 4 members (excludes halogenated alkanes) is 2. The van der Waals surface area contributed by atoms with Crippen molar-refractivity contribution in [3.05, 3.63) is 48.0 Å². The van der Waals surface area contributed by atoms with Crippen LogP contribution >= 0.6 is 0 Å². The molecule has 1 aromatic heterocycles. The second kappa shape index (κ2) is 6.89. The molecule has 1 aromatic carbocycles. The molecule has 0 bridgehead atoms. The normalized spacial score (nSPS) is 10.5. The lowest BCUT2D eigenvalue weighted by Crippen LogP contribution is -2.23. The highest BCUT2D eigenvalue weighted by molar-refractivity contribution is 5.92. The Morgan fingerprint density at radius 2 is 2.00 bits per heavy atom. The van der Waals surface area contributed by atoms with Crippen LogP contribution in [0.3, 0.4) is 0 Å². The smallest absolute Gasteiger partial charge is 0.287 e. The van der Waals surface area contributed by atoms with Gasteiger partial charge in [-0.15, -0.1) is 0 Å². The minimum atomic E-state index is -0.364. The largest absolute Gasteiger partial charge is 0.451 e. The number of carbonyl (C=O) groups excluding carboxylic acids is 1. The highest BCUT2D eigenvalue weighted by Gasteiger charge is 2.13. The monoisotopic (exact) mass is 275 g/mol. The molecular weight excluding hydrogens is 257 g/mol. The Balaban J connectivity index is 2.02. The molecule has 0 aliphatic heterocycles. The molecule has 1 N–H and O–H groups in total. The zero-order valence-corrected chi connectivity index (χ0v) is 11.5. The van der Waals surface area contributed by atoms with Crippen molar-refractivity contribution >= 4 is 5.91 Å². The first kappa shape index (κ1) is 14.3. The number of amides is 1. The van der Waals surface area contributed by atoms with Crippen LogP contribution in [0.5, 0.6) is 0 Å². The molecule has 0 aliphatic rings. The zero-order valence-electron chi connectivity index (χ0n) is 11.5. The molecule has 0 saturated carbocycles. The number of nitrogens with one attached hydrogen (secondary N) is 1. The lowest BCUT2D eigenvalue weighted by atomic mass is 10.1. The van der Waals surface area contributed by atoms with Gasteiger partial charge in [0.1, 0.15) is 11.6 Å². The summed E-state index contributed by atoms with van der Waals surface area (Å²) < 4.78 is 19.0. The lowest BCUT2D eigenvalue weighted by Gasteiger charge is -2.02. The highest BCUT2D eigenvalue weighted by atomic mass is 19.1. The Labute approximate surface area is 117 Å². The maximum Gasteiger partial charge on any atom is 0.287 e. The summed E-state index contributed by atoms with van der Waals surface area (Å²) in [4.78, 5) is 11.8. The molecule has 0 aliphatic carbocycles. The second-order valence-corrected chi connectivity index (χ2v) is 4.61. The van der Waals surface area contributed by atoms with Crippen molar-refractivity contribution in [1.82, 2.24) is 5.32 Å². The summed E-state index contributed by atoms with van der Waals surface area (Å²) in [6, 6.07) is 9.50. The first-order valence-electron chi connectivity index (χ1n) is 6.85. The van der Waals surface area contributed by atoms with E-state index in [2.05, 4.69) is 12.2 Å². The van der Waals surface area contributed by atoms with E-state index in [1.165, 1.54) is 6.07 Å². The van der Waals surface area contributed by atoms with Crippen LogP contribution in [0, 0.1) is 5.82 Å². The summed E-state index contributed by atoms with van der Waals surface area (Å²) in [7, 11) is 0. The molecule has 0 saturated heterocycles. The van der Waals surface area contributed by atoms with Gasteiger partial charge in [0.2, 0.25) is 0 Å².